The molecule has 2 aromatic rings. The summed E-state index contributed by atoms with van der Waals surface area (Å²) in [5.41, 5.74) is 1.91. The molecule has 2 aromatic carbocycles. The number of hydrogen-bond donors (Lipinski definition) is 1. The molecule has 1 atom stereocenters. The topological polar surface area (TPSA) is 66.8 Å². The normalized spacial score (nSPS) is 21.1. The fourth-order valence-electron chi connectivity index (χ4n) is 4.65. The van der Waals surface area contributed by atoms with Gasteiger partial charge in [0.1, 0.15) is 17.3 Å². The zero-order valence-electron chi connectivity index (χ0n) is 17.7. The summed E-state index contributed by atoms with van der Waals surface area (Å²) < 4.78 is 19.1. The Morgan fingerprint density at radius 1 is 1.13 bits per heavy atom. The Morgan fingerprint density at radius 3 is 2.42 bits per heavy atom. The van der Waals surface area contributed by atoms with Crippen molar-refractivity contribution >= 4 is 17.4 Å². The maximum atomic E-state index is 13.6. The van der Waals surface area contributed by atoms with Gasteiger partial charge in [0.15, 0.2) is 0 Å². The Kier molecular flexibility index (Phi) is 5.81. The van der Waals surface area contributed by atoms with Crippen LogP contribution in [0.2, 0.25) is 0 Å². The van der Waals surface area contributed by atoms with Gasteiger partial charge in [-0.2, -0.15) is 0 Å². The predicted molar refractivity (Wildman–Crippen MR) is 115 cm³/mol. The molecule has 0 aromatic heterocycles. The summed E-state index contributed by atoms with van der Waals surface area (Å²) in [4.78, 5) is 27.7. The number of aliphatic hydroxyl groups is 1. The molecule has 0 spiro atoms. The first-order valence-electron chi connectivity index (χ1n) is 10.7. The van der Waals surface area contributed by atoms with Crippen LogP contribution in [-0.4, -0.2) is 34.3 Å². The Morgan fingerprint density at radius 2 is 1.81 bits per heavy atom. The number of halogens is 1. The number of carbonyl (C=O) groups is 2. The zero-order chi connectivity index (χ0) is 22.1. The van der Waals surface area contributed by atoms with Gasteiger partial charge in [-0.15, -0.1) is 0 Å². The maximum Gasteiger partial charge on any atom is 0.295 e. The molecule has 5 nitrogen and oxygen atoms in total. The molecule has 162 valence electrons. The zero-order valence-corrected chi connectivity index (χ0v) is 17.7. The van der Waals surface area contributed by atoms with Crippen LogP contribution in [0.4, 0.5) is 4.39 Å². The Bertz CT molecular complexity index is 1040. The molecule has 0 radical (unpaired) electrons. The van der Waals surface area contributed by atoms with Crippen molar-refractivity contribution in [2.24, 2.45) is 0 Å². The van der Waals surface area contributed by atoms with Crippen molar-refractivity contribution in [1.82, 2.24) is 4.90 Å². The van der Waals surface area contributed by atoms with Gasteiger partial charge >= 0.3 is 0 Å². The van der Waals surface area contributed by atoms with E-state index in [1.54, 1.807) is 35.2 Å². The van der Waals surface area contributed by atoms with Gasteiger partial charge < -0.3 is 14.7 Å². The van der Waals surface area contributed by atoms with Gasteiger partial charge in [-0.3, -0.25) is 9.59 Å². The maximum absolute atomic E-state index is 13.6. The third-order valence-corrected chi connectivity index (χ3v) is 6.13. The Hall–Kier alpha value is -3.15. The van der Waals surface area contributed by atoms with Gasteiger partial charge in [-0.1, -0.05) is 25.0 Å². The second kappa shape index (κ2) is 8.53. The number of Topliss-reactive ketones (excluding diaryl/α,β-unsaturated/α-hetero) is 1. The number of aryl methyl sites for hydroxylation is 1. The highest BCUT2D eigenvalue weighted by Gasteiger charge is 2.49. The number of hydrogen-bond acceptors (Lipinski definition) is 4. The van der Waals surface area contributed by atoms with E-state index >= 15 is 0 Å². The average Bonchev–Trinajstić information content (AvgIpc) is 3.37. The molecule has 1 saturated heterocycles. The highest BCUT2D eigenvalue weighted by molar-refractivity contribution is 6.46. The van der Waals surface area contributed by atoms with E-state index in [2.05, 4.69) is 0 Å². The average molecular weight is 423 g/mol. The second-order valence-corrected chi connectivity index (χ2v) is 8.11. The van der Waals surface area contributed by atoms with Crippen LogP contribution in [0.25, 0.3) is 5.76 Å². The predicted octanol–water partition coefficient (Wildman–Crippen LogP) is 4.90. The van der Waals surface area contributed by atoms with E-state index in [9.17, 15) is 19.1 Å². The summed E-state index contributed by atoms with van der Waals surface area (Å²) in [5, 5.41) is 11.2. The molecule has 6 heteroatoms. The molecule has 1 aliphatic carbocycles. The summed E-state index contributed by atoms with van der Waals surface area (Å²) in [6.07, 6.45) is 3.60. The first kappa shape index (κ1) is 21.1. The molecule has 2 fully saturated rings. The molecule has 0 bridgehead atoms. The van der Waals surface area contributed by atoms with E-state index in [1.807, 2.05) is 13.8 Å². The molecule has 1 N–H and O–H groups in total. The number of nitrogens with zero attached hydrogens (tertiary/aromatic N) is 1. The van der Waals surface area contributed by atoms with Crippen molar-refractivity contribution in [3.8, 4) is 5.75 Å². The molecule has 1 amide bonds. The molecular formula is C25H26FNO4. The lowest BCUT2D eigenvalue weighted by Gasteiger charge is -2.30. The molecular weight excluding hydrogens is 397 g/mol. The SMILES string of the molecule is CCOc1ccc(/C(O)=C2/C(=O)C(=O)N(C3CCCC3)C2c2ccc(F)cc2)cc1C. The lowest BCUT2D eigenvalue weighted by Crippen LogP contribution is -2.37. The third-order valence-electron chi connectivity index (χ3n) is 6.13. The minimum absolute atomic E-state index is 0.0482. The number of rotatable bonds is 5. The van der Waals surface area contributed by atoms with Crippen LogP contribution in [0.15, 0.2) is 48.0 Å². The summed E-state index contributed by atoms with van der Waals surface area (Å²) in [5.74, 6) is -1.24. The fraction of sp³-hybridized carbons (Fsp3) is 0.360. The van der Waals surface area contributed by atoms with E-state index in [1.165, 1.54) is 12.1 Å². The van der Waals surface area contributed by atoms with E-state index in [-0.39, 0.29) is 17.4 Å². The van der Waals surface area contributed by atoms with Crippen LogP contribution >= 0.6 is 0 Å². The largest absolute Gasteiger partial charge is 0.507 e. The fourth-order valence-corrected chi connectivity index (χ4v) is 4.65. The molecule has 31 heavy (non-hydrogen) atoms. The number of amides is 1. The number of ether oxygens (including phenoxy) is 1. The van der Waals surface area contributed by atoms with E-state index < -0.39 is 23.5 Å². The summed E-state index contributed by atoms with van der Waals surface area (Å²) >= 11 is 0. The monoisotopic (exact) mass is 423 g/mol. The molecule has 4 rings (SSSR count). The molecule has 1 heterocycles. The lowest BCUT2D eigenvalue weighted by molar-refractivity contribution is -0.141. The van der Waals surface area contributed by atoms with Gasteiger partial charge in [0.2, 0.25) is 0 Å². The van der Waals surface area contributed by atoms with E-state index in [0.29, 0.717) is 23.5 Å². The minimum atomic E-state index is -0.740. The Labute approximate surface area is 181 Å². The van der Waals surface area contributed by atoms with Crippen LogP contribution < -0.4 is 4.74 Å². The number of likely N-dealkylation sites (tertiary alicyclic amines) is 1. The van der Waals surface area contributed by atoms with Crippen molar-refractivity contribution in [3.05, 3.63) is 70.5 Å². The van der Waals surface area contributed by atoms with Gasteiger partial charge in [0.25, 0.3) is 11.7 Å². The van der Waals surface area contributed by atoms with Crippen molar-refractivity contribution in [2.45, 2.75) is 51.6 Å². The lowest BCUT2D eigenvalue weighted by atomic mass is 9.94. The molecule has 1 unspecified atom stereocenters. The van der Waals surface area contributed by atoms with Gasteiger partial charge in [-0.25, -0.2) is 4.39 Å². The smallest absolute Gasteiger partial charge is 0.295 e. The summed E-state index contributed by atoms with van der Waals surface area (Å²) in [6.45, 7) is 4.26. The number of aliphatic hydroxyl groups excluding tert-OH is 1. The van der Waals surface area contributed by atoms with Crippen LogP contribution in [0, 0.1) is 12.7 Å². The van der Waals surface area contributed by atoms with E-state index in [0.717, 1.165) is 31.2 Å². The Balaban J connectivity index is 1.84. The number of carbonyl (C=O) groups excluding carboxylic acids is 2. The number of benzene rings is 2. The van der Waals surface area contributed by atoms with Crippen molar-refractivity contribution in [2.75, 3.05) is 6.61 Å². The highest BCUT2D eigenvalue weighted by Crippen LogP contribution is 2.43. The van der Waals surface area contributed by atoms with Gasteiger partial charge in [0, 0.05) is 11.6 Å². The van der Waals surface area contributed by atoms with Crippen LogP contribution in [0.5, 0.6) is 5.75 Å². The molecule has 1 aliphatic heterocycles. The van der Waals surface area contributed by atoms with Crippen molar-refractivity contribution < 1.29 is 23.8 Å². The summed E-state index contributed by atoms with van der Waals surface area (Å²) in [6, 6.07) is 10.1. The standard InChI is InChI=1S/C25H26FNO4/c1-3-31-20-13-10-17(14-15(20)2)23(28)21-22(16-8-11-18(26)12-9-16)27(25(30)24(21)29)19-6-4-5-7-19/h8-14,19,22,28H,3-7H2,1-2H3/b23-21-. The second-order valence-electron chi connectivity index (χ2n) is 8.11. The minimum Gasteiger partial charge on any atom is -0.507 e. The van der Waals surface area contributed by atoms with Crippen LogP contribution in [0.1, 0.15) is 55.3 Å². The highest BCUT2D eigenvalue weighted by atomic mass is 19.1. The summed E-state index contributed by atoms with van der Waals surface area (Å²) in [7, 11) is 0. The van der Waals surface area contributed by atoms with E-state index in [4.69, 9.17) is 4.74 Å². The van der Waals surface area contributed by atoms with Gasteiger partial charge in [-0.05, 0) is 68.1 Å². The van der Waals surface area contributed by atoms with Gasteiger partial charge in [0.05, 0.1) is 18.2 Å². The van der Waals surface area contributed by atoms with Crippen molar-refractivity contribution in [3.63, 3.8) is 0 Å². The van der Waals surface area contributed by atoms with Crippen LogP contribution in [-0.2, 0) is 9.59 Å². The third kappa shape index (κ3) is 3.82. The van der Waals surface area contributed by atoms with Crippen LogP contribution in [0.3, 0.4) is 0 Å². The quantitative estimate of drug-likeness (QED) is 0.422. The molecule has 1 saturated carbocycles. The first-order valence-corrected chi connectivity index (χ1v) is 10.7. The van der Waals surface area contributed by atoms with Crippen molar-refractivity contribution in [1.29, 1.82) is 0 Å². The first-order chi connectivity index (χ1) is 14.9. The molecule has 2 aliphatic rings. The number of ketones is 1.